The maximum atomic E-state index is 12.3. The summed E-state index contributed by atoms with van der Waals surface area (Å²) in [4.78, 5) is 2.43. The van der Waals surface area contributed by atoms with E-state index < -0.39 is 10.0 Å². The SMILES string of the molecule is CCN1CCCC1CNS(=O)(=O)c1cc(Br)ccc1N. The molecule has 1 aliphatic heterocycles. The molecule has 1 aliphatic rings. The van der Waals surface area contributed by atoms with E-state index in [1.54, 1.807) is 12.1 Å². The summed E-state index contributed by atoms with van der Waals surface area (Å²) < 4.78 is 28.0. The molecule has 0 spiro atoms. The fourth-order valence-electron chi connectivity index (χ4n) is 2.57. The monoisotopic (exact) mass is 361 g/mol. The van der Waals surface area contributed by atoms with Crippen molar-refractivity contribution in [1.82, 2.24) is 9.62 Å². The Morgan fingerprint density at radius 3 is 2.95 bits per heavy atom. The van der Waals surface area contributed by atoms with Crippen LogP contribution in [-0.2, 0) is 10.0 Å². The lowest BCUT2D eigenvalue weighted by Gasteiger charge is -2.23. The van der Waals surface area contributed by atoms with Crippen molar-refractivity contribution >= 4 is 31.6 Å². The Hall–Kier alpha value is -0.630. The minimum Gasteiger partial charge on any atom is -0.398 e. The summed E-state index contributed by atoms with van der Waals surface area (Å²) >= 11 is 3.27. The summed E-state index contributed by atoms with van der Waals surface area (Å²) in [5.41, 5.74) is 6.03. The highest BCUT2D eigenvalue weighted by molar-refractivity contribution is 9.10. The third-order valence-corrected chi connectivity index (χ3v) is 5.65. The molecule has 0 saturated carbocycles. The molecule has 7 heteroatoms. The molecule has 0 radical (unpaired) electrons. The third kappa shape index (κ3) is 3.52. The molecule has 3 N–H and O–H groups in total. The third-order valence-electron chi connectivity index (χ3n) is 3.68. The van der Waals surface area contributed by atoms with E-state index in [9.17, 15) is 8.42 Å². The quantitative estimate of drug-likeness (QED) is 0.784. The lowest BCUT2D eigenvalue weighted by atomic mass is 10.2. The van der Waals surface area contributed by atoms with Gasteiger partial charge < -0.3 is 5.73 Å². The normalized spacial score (nSPS) is 20.4. The van der Waals surface area contributed by atoms with E-state index >= 15 is 0 Å². The number of nitrogens with one attached hydrogen (secondary N) is 1. The molecule has 5 nitrogen and oxygen atoms in total. The van der Waals surface area contributed by atoms with Gasteiger partial charge in [0.15, 0.2) is 0 Å². The average Bonchev–Trinajstić information content (AvgIpc) is 2.86. The maximum absolute atomic E-state index is 12.3. The number of likely N-dealkylation sites (tertiary alicyclic amines) is 1. The van der Waals surface area contributed by atoms with Gasteiger partial charge in [-0.1, -0.05) is 22.9 Å². The Kier molecular flexibility index (Phi) is 5.06. The molecule has 0 aliphatic carbocycles. The lowest BCUT2D eigenvalue weighted by molar-refractivity contribution is 0.268. The van der Waals surface area contributed by atoms with Crippen molar-refractivity contribution in [3.63, 3.8) is 0 Å². The van der Waals surface area contributed by atoms with Gasteiger partial charge in [-0.25, -0.2) is 13.1 Å². The zero-order valence-corrected chi connectivity index (χ0v) is 13.9. The minimum atomic E-state index is -3.56. The zero-order valence-electron chi connectivity index (χ0n) is 11.5. The molecule has 1 atom stereocenters. The van der Waals surface area contributed by atoms with Crippen molar-refractivity contribution in [2.24, 2.45) is 0 Å². The van der Waals surface area contributed by atoms with E-state index in [1.807, 2.05) is 0 Å². The van der Waals surface area contributed by atoms with E-state index in [4.69, 9.17) is 5.73 Å². The first-order chi connectivity index (χ1) is 9.44. The topological polar surface area (TPSA) is 75.4 Å². The van der Waals surface area contributed by atoms with Crippen LogP contribution >= 0.6 is 15.9 Å². The number of nitrogen functional groups attached to an aromatic ring is 1. The highest BCUT2D eigenvalue weighted by Crippen LogP contribution is 2.23. The molecule has 20 heavy (non-hydrogen) atoms. The second kappa shape index (κ2) is 6.43. The average molecular weight is 362 g/mol. The van der Waals surface area contributed by atoms with Crippen LogP contribution in [0, 0.1) is 0 Å². The number of sulfonamides is 1. The van der Waals surface area contributed by atoms with E-state index in [1.165, 1.54) is 6.07 Å². The zero-order chi connectivity index (χ0) is 14.8. The van der Waals surface area contributed by atoms with Crippen molar-refractivity contribution in [3.05, 3.63) is 22.7 Å². The summed E-state index contributed by atoms with van der Waals surface area (Å²) in [7, 11) is -3.56. The molecule has 112 valence electrons. The van der Waals surface area contributed by atoms with Crippen LogP contribution < -0.4 is 10.5 Å². The van der Waals surface area contributed by atoms with Crippen molar-refractivity contribution < 1.29 is 8.42 Å². The van der Waals surface area contributed by atoms with Gasteiger partial charge in [0, 0.05) is 17.1 Å². The largest absolute Gasteiger partial charge is 0.398 e. The number of nitrogens with two attached hydrogens (primary N) is 1. The summed E-state index contributed by atoms with van der Waals surface area (Å²) in [6.07, 6.45) is 2.16. The number of nitrogens with zero attached hydrogens (tertiary/aromatic N) is 1. The van der Waals surface area contributed by atoms with Crippen LogP contribution in [0.4, 0.5) is 5.69 Å². The standard InChI is InChI=1S/C13H20BrN3O2S/c1-2-17-7-3-4-11(17)9-16-20(18,19)13-8-10(14)5-6-12(13)15/h5-6,8,11,16H,2-4,7,9,15H2,1H3. The molecular weight excluding hydrogens is 342 g/mol. The van der Waals surface area contributed by atoms with E-state index in [-0.39, 0.29) is 16.6 Å². The van der Waals surface area contributed by atoms with E-state index in [0.29, 0.717) is 11.0 Å². The first-order valence-corrected chi connectivity index (χ1v) is 9.00. The molecule has 1 fully saturated rings. The lowest BCUT2D eigenvalue weighted by Crippen LogP contribution is -2.40. The fraction of sp³-hybridized carbons (Fsp3) is 0.538. The van der Waals surface area contributed by atoms with Gasteiger partial charge in [0.2, 0.25) is 10.0 Å². The molecule has 1 saturated heterocycles. The van der Waals surface area contributed by atoms with Gasteiger partial charge in [-0.05, 0) is 44.1 Å². The first-order valence-electron chi connectivity index (χ1n) is 6.73. The van der Waals surface area contributed by atoms with Crippen molar-refractivity contribution in [2.45, 2.75) is 30.7 Å². The molecule has 1 aromatic carbocycles. The van der Waals surface area contributed by atoms with Crippen LogP contribution in [0.1, 0.15) is 19.8 Å². The van der Waals surface area contributed by atoms with Gasteiger partial charge in [-0.2, -0.15) is 0 Å². The Morgan fingerprint density at radius 1 is 1.50 bits per heavy atom. The summed E-state index contributed by atoms with van der Waals surface area (Å²) in [6.45, 7) is 4.52. The predicted octanol–water partition coefficient (Wildman–Crippen LogP) is 1.79. The Balaban J connectivity index is 2.09. The first kappa shape index (κ1) is 15.8. The van der Waals surface area contributed by atoms with Crippen molar-refractivity contribution in [2.75, 3.05) is 25.4 Å². The number of halogens is 1. The van der Waals surface area contributed by atoms with Gasteiger partial charge >= 0.3 is 0 Å². The van der Waals surface area contributed by atoms with Crippen LogP contribution in [0.15, 0.2) is 27.6 Å². The van der Waals surface area contributed by atoms with Crippen LogP contribution in [-0.4, -0.2) is 39.0 Å². The molecule has 0 bridgehead atoms. The van der Waals surface area contributed by atoms with Gasteiger partial charge in [0.05, 0.1) is 5.69 Å². The molecule has 0 amide bonds. The smallest absolute Gasteiger partial charge is 0.242 e. The highest BCUT2D eigenvalue weighted by Gasteiger charge is 2.25. The van der Waals surface area contributed by atoms with Gasteiger partial charge in [-0.15, -0.1) is 0 Å². The van der Waals surface area contributed by atoms with Gasteiger partial charge in [0.1, 0.15) is 4.90 Å². The second-order valence-electron chi connectivity index (χ2n) is 4.96. The number of hydrogen-bond acceptors (Lipinski definition) is 4. The molecule has 1 heterocycles. The molecule has 1 unspecified atom stereocenters. The molecular formula is C13H20BrN3O2S. The highest BCUT2D eigenvalue weighted by atomic mass is 79.9. The summed E-state index contributed by atoms with van der Waals surface area (Å²) in [6, 6.07) is 5.13. The Bertz CT molecular complexity index is 577. The van der Waals surface area contributed by atoms with Crippen molar-refractivity contribution in [1.29, 1.82) is 0 Å². The summed E-state index contributed by atoms with van der Waals surface area (Å²) in [5.74, 6) is 0. The Labute approximate surface area is 128 Å². The van der Waals surface area contributed by atoms with E-state index in [2.05, 4.69) is 32.5 Å². The molecule has 2 rings (SSSR count). The number of hydrogen-bond donors (Lipinski definition) is 2. The van der Waals surface area contributed by atoms with Gasteiger partial charge in [-0.3, -0.25) is 4.90 Å². The Morgan fingerprint density at radius 2 is 2.25 bits per heavy atom. The molecule has 0 aromatic heterocycles. The minimum absolute atomic E-state index is 0.132. The van der Waals surface area contributed by atoms with Crippen LogP contribution in [0.25, 0.3) is 0 Å². The summed E-state index contributed by atoms with van der Waals surface area (Å²) in [5, 5.41) is 0. The maximum Gasteiger partial charge on any atom is 0.242 e. The number of likely N-dealkylation sites (N-methyl/N-ethyl adjacent to an activating group) is 1. The van der Waals surface area contributed by atoms with Crippen LogP contribution in [0.2, 0.25) is 0 Å². The predicted molar refractivity (Wildman–Crippen MR) is 84.0 cm³/mol. The fourth-order valence-corrected chi connectivity index (χ4v) is 4.31. The van der Waals surface area contributed by atoms with Crippen molar-refractivity contribution in [3.8, 4) is 0 Å². The van der Waals surface area contributed by atoms with Crippen LogP contribution in [0.3, 0.4) is 0 Å². The van der Waals surface area contributed by atoms with Crippen LogP contribution in [0.5, 0.6) is 0 Å². The number of anilines is 1. The molecule has 1 aromatic rings. The van der Waals surface area contributed by atoms with E-state index in [0.717, 1.165) is 25.9 Å². The number of benzene rings is 1. The number of rotatable bonds is 5. The second-order valence-corrected chi connectivity index (χ2v) is 7.61. The van der Waals surface area contributed by atoms with Gasteiger partial charge in [0.25, 0.3) is 0 Å².